The lowest BCUT2D eigenvalue weighted by atomic mass is 10.2. The first-order valence-electron chi connectivity index (χ1n) is 6.17. The Labute approximate surface area is 115 Å². The van der Waals surface area contributed by atoms with Crippen LogP contribution in [0.1, 0.15) is 12.0 Å². The molecule has 0 unspecified atom stereocenters. The predicted molar refractivity (Wildman–Crippen MR) is 70.3 cm³/mol. The van der Waals surface area contributed by atoms with E-state index in [0.717, 1.165) is 10.4 Å². The van der Waals surface area contributed by atoms with Crippen LogP contribution in [0.15, 0.2) is 29.4 Å². The molecule has 3 rings (SSSR count). The van der Waals surface area contributed by atoms with E-state index < -0.39 is 15.8 Å². The average Bonchev–Trinajstić information content (AvgIpc) is 2.89. The molecule has 1 aromatic heterocycles. The summed E-state index contributed by atoms with van der Waals surface area (Å²) in [5.74, 6) is -0.524. The second-order valence-corrected chi connectivity index (χ2v) is 6.48. The molecule has 0 bridgehead atoms. The molecule has 20 heavy (non-hydrogen) atoms. The molecule has 1 aromatic carbocycles. The Bertz CT molecular complexity index is 757. The van der Waals surface area contributed by atoms with E-state index in [9.17, 15) is 12.8 Å². The van der Waals surface area contributed by atoms with Gasteiger partial charge in [-0.25, -0.2) is 21.8 Å². The molecular weight excluding hydrogens is 283 g/mol. The van der Waals surface area contributed by atoms with Crippen molar-refractivity contribution in [2.24, 2.45) is 0 Å². The van der Waals surface area contributed by atoms with Gasteiger partial charge in [-0.2, -0.15) is 10.1 Å². The van der Waals surface area contributed by atoms with Crippen LogP contribution in [0.5, 0.6) is 0 Å². The molecule has 2 heterocycles. The molecule has 1 aliphatic heterocycles. The second-order valence-electron chi connectivity index (χ2n) is 4.65. The minimum absolute atomic E-state index is 0.233. The van der Waals surface area contributed by atoms with Gasteiger partial charge in [0.1, 0.15) is 17.0 Å². The lowest BCUT2D eigenvalue weighted by Crippen LogP contribution is -2.38. The van der Waals surface area contributed by atoms with E-state index in [4.69, 9.17) is 0 Å². The summed E-state index contributed by atoms with van der Waals surface area (Å²) in [5.41, 5.74) is 0.684. The van der Waals surface area contributed by atoms with Crippen molar-refractivity contribution in [3.05, 3.63) is 35.9 Å². The number of halogens is 1. The maximum atomic E-state index is 13.9. The topological polar surface area (TPSA) is 68.1 Å². The third kappa shape index (κ3) is 1.96. The van der Waals surface area contributed by atoms with Gasteiger partial charge in [0.25, 0.3) is 10.0 Å². The van der Waals surface area contributed by atoms with Crippen LogP contribution in [0.3, 0.4) is 0 Å². The van der Waals surface area contributed by atoms with Gasteiger partial charge in [0.05, 0.1) is 0 Å². The molecule has 0 atom stereocenters. The van der Waals surface area contributed by atoms with E-state index in [1.165, 1.54) is 23.1 Å². The summed E-state index contributed by atoms with van der Waals surface area (Å²) in [5, 5.41) is 3.96. The van der Waals surface area contributed by atoms with Crippen molar-refractivity contribution in [3.8, 4) is 0 Å². The fourth-order valence-corrected chi connectivity index (χ4v) is 3.84. The summed E-state index contributed by atoms with van der Waals surface area (Å²) in [7, 11) is -3.96. The largest absolute Gasteiger partial charge is 0.269 e. The molecule has 106 valence electrons. The summed E-state index contributed by atoms with van der Waals surface area (Å²) in [6.07, 6.45) is 1.92. The highest BCUT2D eigenvalue weighted by molar-refractivity contribution is 7.92. The quantitative estimate of drug-likeness (QED) is 0.838. The van der Waals surface area contributed by atoms with Gasteiger partial charge in [-0.1, -0.05) is 6.07 Å². The SMILES string of the molecule is Cc1ccc(F)c(S(=O)(=O)N2CCCn3ncnc32)c1. The molecule has 6 nitrogen and oxygen atoms in total. The summed E-state index contributed by atoms with van der Waals surface area (Å²) in [6, 6.07) is 4.03. The first-order chi connectivity index (χ1) is 9.50. The van der Waals surface area contributed by atoms with Gasteiger partial charge in [-0.3, -0.25) is 0 Å². The molecule has 0 saturated carbocycles. The van der Waals surface area contributed by atoms with Crippen LogP contribution < -0.4 is 4.31 Å². The molecule has 0 fully saturated rings. The fraction of sp³-hybridized carbons (Fsp3) is 0.333. The van der Waals surface area contributed by atoms with Crippen molar-refractivity contribution in [2.45, 2.75) is 24.8 Å². The molecule has 2 aromatic rings. The average molecular weight is 296 g/mol. The zero-order chi connectivity index (χ0) is 14.3. The van der Waals surface area contributed by atoms with Crippen LogP contribution in [0, 0.1) is 12.7 Å². The van der Waals surface area contributed by atoms with Gasteiger partial charge < -0.3 is 0 Å². The van der Waals surface area contributed by atoms with Crippen molar-refractivity contribution < 1.29 is 12.8 Å². The number of benzene rings is 1. The predicted octanol–water partition coefficient (Wildman–Crippen LogP) is 1.32. The van der Waals surface area contributed by atoms with Crippen LogP contribution >= 0.6 is 0 Å². The highest BCUT2D eigenvalue weighted by atomic mass is 32.2. The van der Waals surface area contributed by atoms with Gasteiger partial charge >= 0.3 is 0 Å². The molecule has 0 N–H and O–H groups in total. The Morgan fingerprint density at radius 1 is 1.30 bits per heavy atom. The van der Waals surface area contributed by atoms with Crippen molar-refractivity contribution in [2.75, 3.05) is 10.8 Å². The van der Waals surface area contributed by atoms with Crippen molar-refractivity contribution in [3.63, 3.8) is 0 Å². The number of hydrogen-bond donors (Lipinski definition) is 0. The number of nitrogens with zero attached hydrogens (tertiary/aromatic N) is 4. The third-order valence-corrected chi connectivity index (χ3v) is 5.00. The normalized spacial score (nSPS) is 15.2. The number of aryl methyl sites for hydroxylation is 2. The van der Waals surface area contributed by atoms with E-state index in [0.29, 0.717) is 18.5 Å². The first kappa shape index (κ1) is 13.0. The van der Waals surface area contributed by atoms with E-state index in [1.807, 2.05) is 0 Å². The third-order valence-electron chi connectivity index (χ3n) is 3.20. The molecule has 0 aliphatic carbocycles. The summed E-state index contributed by atoms with van der Waals surface area (Å²) >= 11 is 0. The number of sulfonamides is 1. The van der Waals surface area contributed by atoms with E-state index in [1.54, 1.807) is 6.92 Å². The minimum Gasteiger partial charge on any atom is -0.234 e. The van der Waals surface area contributed by atoms with Crippen LogP contribution in [-0.4, -0.2) is 29.7 Å². The Hall–Kier alpha value is -1.96. The lowest BCUT2D eigenvalue weighted by molar-refractivity contribution is 0.524. The van der Waals surface area contributed by atoms with Crippen LogP contribution in [0.2, 0.25) is 0 Å². The number of hydrogen-bond acceptors (Lipinski definition) is 4. The maximum absolute atomic E-state index is 13.9. The summed E-state index contributed by atoms with van der Waals surface area (Å²) < 4.78 is 41.7. The lowest BCUT2D eigenvalue weighted by Gasteiger charge is -2.27. The standard InChI is InChI=1S/C12H13FN4O2S/c1-9-3-4-10(13)11(7-9)20(18,19)17-6-2-5-16-12(17)14-8-15-16/h3-4,7-8H,2,5-6H2,1H3. The Morgan fingerprint density at radius 3 is 2.90 bits per heavy atom. The minimum atomic E-state index is -3.96. The molecule has 8 heteroatoms. The van der Waals surface area contributed by atoms with E-state index in [-0.39, 0.29) is 17.4 Å². The van der Waals surface area contributed by atoms with Crippen LogP contribution in [0.4, 0.5) is 10.3 Å². The fourth-order valence-electron chi connectivity index (χ4n) is 2.23. The molecule has 1 aliphatic rings. The van der Waals surface area contributed by atoms with Gasteiger partial charge in [-0.05, 0) is 31.0 Å². The highest BCUT2D eigenvalue weighted by Gasteiger charge is 2.32. The Kier molecular flexibility index (Phi) is 2.97. The molecular formula is C12H13FN4O2S. The molecule has 0 amide bonds. The van der Waals surface area contributed by atoms with Crippen molar-refractivity contribution in [1.29, 1.82) is 0 Å². The summed E-state index contributed by atoms with van der Waals surface area (Å²) in [4.78, 5) is 3.63. The summed E-state index contributed by atoms with van der Waals surface area (Å²) in [6.45, 7) is 2.60. The van der Waals surface area contributed by atoms with Crippen LogP contribution in [-0.2, 0) is 16.6 Å². The highest BCUT2D eigenvalue weighted by Crippen LogP contribution is 2.27. The van der Waals surface area contributed by atoms with Gasteiger partial charge in [-0.15, -0.1) is 0 Å². The Morgan fingerprint density at radius 2 is 2.10 bits per heavy atom. The van der Waals surface area contributed by atoms with Crippen molar-refractivity contribution >= 4 is 16.0 Å². The zero-order valence-corrected chi connectivity index (χ0v) is 11.6. The molecule has 0 radical (unpaired) electrons. The van der Waals surface area contributed by atoms with Gasteiger partial charge in [0.2, 0.25) is 5.95 Å². The van der Waals surface area contributed by atoms with E-state index >= 15 is 0 Å². The molecule has 0 spiro atoms. The van der Waals surface area contributed by atoms with E-state index in [2.05, 4.69) is 10.1 Å². The number of fused-ring (bicyclic) bond motifs is 1. The van der Waals surface area contributed by atoms with Gasteiger partial charge in [0.15, 0.2) is 0 Å². The van der Waals surface area contributed by atoms with Crippen LogP contribution in [0.25, 0.3) is 0 Å². The number of rotatable bonds is 2. The van der Waals surface area contributed by atoms with Crippen molar-refractivity contribution in [1.82, 2.24) is 14.8 Å². The maximum Gasteiger partial charge on any atom is 0.269 e. The monoisotopic (exact) mass is 296 g/mol. The second kappa shape index (κ2) is 4.55. The Balaban J connectivity index is 2.13. The number of anilines is 1. The van der Waals surface area contributed by atoms with Gasteiger partial charge in [0, 0.05) is 13.1 Å². The number of aromatic nitrogens is 3. The first-order valence-corrected chi connectivity index (χ1v) is 7.61. The smallest absolute Gasteiger partial charge is 0.234 e. The zero-order valence-electron chi connectivity index (χ0n) is 10.8. The molecule has 0 saturated heterocycles.